The summed E-state index contributed by atoms with van der Waals surface area (Å²) < 4.78 is 16.7. The molecule has 2 aromatic rings. The summed E-state index contributed by atoms with van der Waals surface area (Å²) in [5, 5.41) is 3.31. The standard InChI is InChI=1S/C16H21NO3/c1-4-18-15-9-7-13(10-16(15)19-5-2)17-11-14-8-6-12(3)20-14/h6-10,17H,4-5,11H2,1-3H3. The van der Waals surface area contributed by atoms with Crippen LogP contribution in [0.4, 0.5) is 5.69 Å². The van der Waals surface area contributed by atoms with E-state index in [1.807, 2.05) is 51.1 Å². The molecule has 0 saturated carbocycles. The summed E-state index contributed by atoms with van der Waals surface area (Å²) in [5.41, 5.74) is 0.978. The number of hydrogen-bond acceptors (Lipinski definition) is 4. The van der Waals surface area contributed by atoms with Gasteiger partial charge in [-0.25, -0.2) is 0 Å². The third-order valence-corrected chi connectivity index (χ3v) is 2.81. The van der Waals surface area contributed by atoms with Crippen molar-refractivity contribution in [1.29, 1.82) is 0 Å². The fourth-order valence-electron chi connectivity index (χ4n) is 1.93. The molecule has 1 heterocycles. The smallest absolute Gasteiger partial charge is 0.163 e. The summed E-state index contributed by atoms with van der Waals surface area (Å²) in [6.45, 7) is 7.74. The van der Waals surface area contributed by atoms with Gasteiger partial charge >= 0.3 is 0 Å². The zero-order chi connectivity index (χ0) is 14.4. The van der Waals surface area contributed by atoms with Crippen LogP contribution in [0.3, 0.4) is 0 Å². The van der Waals surface area contributed by atoms with E-state index in [1.54, 1.807) is 0 Å². The molecule has 1 aromatic carbocycles. The van der Waals surface area contributed by atoms with Crippen molar-refractivity contribution in [2.24, 2.45) is 0 Å². The van der Waals surface area contributed by atoms with Gasteiger partial charge in [-0.15, -0.1) is 0 Å². The van der Waals surface area contributed by atoms with Gasteiger partial charge in [-0.1, -0.05) is 0 Å². The molecule has 0 bridgehead atoms. The zero-order valence-corrected chi connectivity index (χ0v) is 12.2. The molecular formula is C16H21NO3. The van der Waals surface area contributed by atoms with Gasteiger partial charge in [0.15, 0.2) is 11.5 Å². The largest absolute Gasteiger partial charge is 0.490 e. The summed E-state index contributed by atoms with van der Waals surface area (Å²) in [6, 6.07) is 9.78. The molecule has 108 valence electrons. The quantitative estimate of drug-likeness (QED) is 0.829. The van der Waals surface area contributed by atoms with Crippen molar-refractivity contribution in [1.82, 2.24) is 0 Å². The molecule has 0 aliphatic rings. The summed E-state index contributed by atoms with van der Waals surface area (Å²) in [6.07, 6.45) is 0. The number of rotatable bonds is 7. The van der Waals surface area contributed by atoms with Crippen molar-refractivity contribution < 1.29 is 13.9 Å². The maximum atomic E-state index is 5.60. The van der Waals surface area contributed by atoms with Gasteiger partial charge in [0.1, 0.15) is 11.5 Å². The van der Waals surface area contributed by atoms with E-state index in [0.717, 1.165) is 28.7 Å². The Kier molecular flexibility index (Phi) is 4.93. The third-order valence-electron chi connectivity index (χ3n) is 2.81. The molecule has 0 radical (unpaired) electrons. The van der Waals surface area contributed by atoms with E-state index in [-0.39, 0.29) is 0 Å². The van der Waals surface area contributed by atoms with E-state index in [4.69, 9.17) is 13.9 Å². The summed E-state index contributed by atoms with van der Waals surface area (Å²) in [4.78, 5) is 0. The van der Waals surface area contributed by atoms with Crippen LogP contribution in [0, 0.1) is 6.92 Å². The molecular weight excluding hydrogens is 254 g/mol. The van der Waals surface area contributed by atoms with Crippen LogP contribution in [-0.2, 0) is 6.54 Å². The van der Waals surface area contributed by atoms with Crippen molar-refractivity contribution in [2.75, 3.05) is 18.5 Å². The first-order valence-electron chi connectivity index (χ1n) is 6.91. The van der Waals surface area contributed by atoms with Crippen LogP contribution in [0.5, 0.6) is 11.5 Å². The summed E-state index contributed by atoms with van der Waals surface area (Å²) in [5.74, 6) is 3.36. The Morgan fingerprint density at radius 1 is 1.00 bits per heavy atom. The molecule has 1 aromatic heterocycles. The van der Waals surface area contributed by atoms with Crippen molar-refractivity contribution in [3.05, 3.63) is 41.9 Å². The fraction of sp³-hybridized carbons (Fsp3) is 0.375. The van der Waals surface area contributed by atoms with Crippen molar-refractivity contribution in [2.45, 2.75) is 27.3 Å². The lowest BCUT2D eigenvalue weighted by Gasteiger charge is -2.13. The average Bonchev–Trinajstić information content (AvgIpc) is 2.85. The molecule has 4 nitrogen and oxygen atoms in total. The van der Waals surface area contributed by atoms with E-state index < -0.39 is 0 Å². The van der Waals surface area contributed by atoms with Gasteiger partial charge in [0.25, 0.3) is 0 Å². The minimum Gasteiger partial charge on any atom is -0.490 e. The van der Waals surface area contributed by atoms with Gasteiger partial charge in [-0.05, 0) is 45.0 Å². The molecule has 1 N–H and O–H groups in total. The van der Waals surface area contributed by atoms with E-state index >= 15 is 0 Å². The molecule has 0 saturated heterocycles. The Labute approximate surface area is 119 Å². The van der Waals surface area contributed by atoms with Crippen LogP contribution in [0.15, 0.2) is 34.7 Å². The van der Waals surface area contributed by atoms with Gasteiger partial charge in [0.05, 0.1) is 19.8 Å². The molecule has 20 heavy (non-hydrogen) atoms. The van der Waals surface area contributed by atoms with E-state index in [2.05, 4.69) is 5.32 Å². The van der Waals surface area contributed by atoms with E-state index in [9.17, 15) is 0 Å². The molecule has 0 fully saturated rings. The number of ether oxygens (including phenoxy) is 2. The maximum Gasteiger partial charge on any atom is 0.163 e. The highest BCUT2D eigenvalue weighted by molar-refractivity contribution is 5.54. The van der Waals surface area contributed by atoms with Crippen LogP contribution in [0.1, 0.15) is 25.4 Å². The van der Waals surface area contributed by atoms with E-state index in [0.29, 0.717) is 19.8 Å². The highest BCUT2D eigenvalue weighted by Gasteiger charge is 2.06. The normalized spacial score (nSPS) is 10.3. The molecule has 0 spiro atoms. The lowest BCUT2D eigenvalue weighted by molar-refractivity contribution is 0.288. The van der Waals surface area contributed by atoms with Crippen molar-refractivity contribution >= 4 is 5.69 Å². The van der Waals surface area contributed by atoms with Crippen LogP contribution >= 0.6 is 0 Å². The Balaban J connectivity index is 2.05. The number of anilines is 1. The lowest BCUT2D eigenvalue weighted by Crippen LogP contribution is -2.01. The topological polar surface area (TPSA) is 43.6 Å². The number of benzene rings is 1. The summed E-state index contributed by atoms with van der Waals surface area (Å²) in [7, 11) is 0. The fourth-order valence-corrected chi connectivity index (χ4v) is 1.93. The van der Waals surface area contributed by atoms with Crippen LogP contribution in [0.2, 0.25) is 0 Å². The zero-order valence-electron chi connectivity index (χ0n) is 12.2. The minimum absolute atomic E-state index is 0.612. The van der Waals surface area contributed by atoms with Gasteiger partial charge in [-0.3, -0.25) is 0 Å². The molecule has 0 atom stereocenters. The van der Waals surface area contributed by atoms with Gasteiger partial charge < -0.3 is 19.2 Å². The Morgan fingerprint density at radius 3 is 2.40 bits per heavy atom. The molecule has 0 amide bonds. The van der Waals surface area contributed by atoms with Crippen molar-refractivity contribution in [3.63, 3.8) is 0 Å². The molecule has 0 aliphatic heterocycles. The van der Waals surface area contributed by atoms with Gasteiger partial charge in [-0.2, -0.15) is 0 Å². The lowest BCUT2D eigenvalue weighted by atomic mass is 10.2. The Morgan fingerprint density at radius 2 is 1.75 bits per heavy atom. The van der Waals surface area contributed by atoms with Crippen LogP contribution < -0.4 is 14.8 Å². The molecule has 4 heteroatoms. The maximum absolute atomic E-state index is 5.60. The number of aryl methyl sites for hydroxylation is 1. The van der Waals surface area contributed by atoms with E-state index in [1.165, 1.54) is 0 Å². The second-order valence-corrected chi connectivity index (χ2v) is 4.39. The second kappa shape index (κ2) is 6.89. The third kappa shape index (κ3) is 3.70. The highest BCUT2D eigenvalue weighted by atomic mass is 16.5. The second-order valence-electron chi connectivity index (χ2n) is 4.39. The van der Waals surface area contributed by atoms with Crippen LogP contribution in [0.25, 0.3) is 0 Å². The summed E-state index contributed by atoms with van der Waals surface area (Å²) >= 11 is 0. The molecule has 2 rings (SSSR count). The average molecular weight is 275 g/mol. The number of nitrogens with one attached hydrogen (secondary N) is 1. The monoisotopic (exact) mass is 275 g/mol. The predicted molar refractivity (Wildman–Crippen MR) is 79.6 cm³/mol. The first kappa shape index (κ1) is 14.3. The number of hydrogen-bond donors (Lipinski definition) is 1. The first-order chi connectivity index (χ1) is 9.72. The predicted octanol–water partition coefficient (Wildman–Crippen LogP) is 4.00. The van der Waals surface area contributed by atoms with Crippen molar-refractivity contribution in [3.8, 4) is 11.5 Å². The van der Waals surface area contributed by atoms with Gasteiger partial charge in [0.2, 0.25) is 0 Å². The Bertz CT molecular complexity index is 548. The SMILES string of the molecule is CCOc1ccc(NCc2ccc(C)o2)cc1OCC. The highest BCUT2D eigenvalue weighted by Crippen LogP contribution is 2.30. The van der Waals surface area contributed by atoms with Gasteiger partial charge in [0, 0.05) is 11.8 Å². The van der Waals surface area contributed by atoms with Crippen LogP contribution in [-0.4, -0.2) is 13.2 Å². The Hall–Kier alpha value is -2.10. The first-order valence-corrected chi connectivity index (χ1v) is 6.91. The number of furan rings is 1. The molecule has 0 aliphatic carbocycles. The minimum atomic E-state index is 0.612. The molecule has 0 unspecified atom stereocenters.